The maximum atomic E-state index is 13.0. The summed E-state index contributed by atoms with van der Waals surface area (Å²) in [6, 6.07) is 13.4. The van der Waals surface area contributed by atoms with Gasteiger partial charge >= 0.3 is 0 Å². The van der Waals surface area contributed by atoms with Crippen molar-refractivity contribution in [3.63, 3.8) is 0 Å². The van der Waals surface area contributed by atoms with Gasteiger partial charge in [0.25, 0.3) is 11.8 Å². The molecule has 2 aliphatic rings. The summed E-state index contributed by atoms with van der Waals surface area (Å²) in [5, 5.41) is 0. The van der Waals surface area contributed by atoms with Gasteiger partial charge in [0.1, 0.15) is 5.82 Å². The minimum atomic E-state index is -0.359. The largest absolute Gasteiger partial charge is 0.372 e. The minimum Gasteiger partial charge on any atom is -0.372 e. The second-order valence-corrected chi connectivity index (χ2v) is 7.33. The molecular formula is C22H24FN3O2. The molecule has 2 amide bonds. The van der Waals surface area contributed by atoms with Crippen molar-refractivity contribution in [2.45, 2.75) is 12.8 Å². The van der Waals surface area contributed by atoms with Crippen LogP contribution in [0.5, 0.6) is 0 Å². The lowest BCUT2D eigenvalue weighted by atomic mass is 10.1. The molecule has 0 bridgehead atoms. The number of anilines is 1. The van der Waals surface area contributed by atoms with Crippen molar-refractivity contribution >= 4 is 17.5 Å². The quantitative estimate of drug-likeness (QED) is 0.821. The van der Waals surface area contributed by atoms with Crippen molar-refractivity contribution in [2.75, 3.05) is 44.2 Å². The highest BCUT2D eigenvalue weighted by Crippen LogP contribution is 2.21. The molecule has 2 heterocycles. The summed E-state index contributed by atoms with van der Waals surface area (Å²) < 4.78 is 13.0. The van der Waals surface area contributed by atoms with Crippen molar-refractivity contribution in [2.24, 2.45) is 0 Å². The van der Waals surface area contributed by atoms with E-state index in [9.17, 15) is 14.0 Å². The predicted octanol–water partition coefficient (Wildman–Crippen LogP) is 3.02. The van der Waals surface area contributed by atoms with E-state index in [-0.39, 0.29) is 17.6 Å². The minimum absolute atomic E-state index is 0.00172. The van der Waals surface area contributed by atoms with E-state index in [1.165, 1.54) is 42.8 Å². The van der Waals surface area contributed by atoms with Crippen LogP contribution in [0.1, 0.15) is 33.6 Å². The number of carbonyl (C=O) groups is 2. The van der Waals surface area contributed by atoms with Crippen LogP contribution in [0.15, 0.2) is 48.5 Å². The summed E-state index contributed by atoms with van der Waals surface area (Å²) in [7, 11) is 0. The molecule has 2 saturated heterocycles. The van der Waals surface area contributed by atoms with Gasteiger partial charge in [0, 0.05) is 56.1 Å². The SMILES string of the molecule is O=C(c1ccc(F)cc1)N1CCN(C(=O)c2ccc(N3CCCC3)cc2)CC1. The van der Waals surface area contributed by atoms with E-state index < -0.39 is 0 Å². The first-order chi connectivity index (χ1) is 13.6. The van der Waals surface area contributed by atoms with Gasteiger partial charge in [0.2, 0.25) is 0 Å². The maximum Gasteiger partial charge on any atom is 0.253 e. The Morgan fingerprint density at radius 3 is 1.54 bits per heavy atom. The van der Waals surface area contributed by atoms with E-state index in [1.807, 2.05) is 24.3 Å². The predicted molar refractivity (Wildman–Crippen MR) is 106 cm³/mol. The van der Waals surface area contributed by atoms with Crippen LogP contribution in [-0.4, -0.2) is 60.9 Å². The van der Waals surface area contributed by atoms with Gasteiger partial charge in [-0.1, -0.05) is 0 Å². The molecule has 4 rings (SSSR count). The summed E-state index contributed by atoms with van der Waals surface area (Å²) in [5.41, 5.74) is 2.32. The molecule has 0 unspecified atom stereocenters. The van der Waals surface area contributed by atoms with Gasteiger partial charge in [-0.15, -0.1) is 0 Å². The van der Waals surface area contributed by atoms with E-state index >= 15 is 0 Å². The number of benzene rings is 2. The van der Waals surface area contributed by atoms with E-state index in [4.69, 9.17) is 0 Å². The Bertz CT molecular complexity index is 837. The molecule has 2 aliphatic heterocycles. The molecule has 0 spiro atoms. The first-order valence-corrected chi connectivity index (χ1v) is 9.81. The standard InChI is InChI=1S/C22H24FN3O2/c23-19-7-3-17(4-8-19)21(27)25-13-15-26(16-14-25)22(28)18-5-9-20(10-6-18)24-11-1-2-12-24/h3-10H,1-2,11-16H2. The fourth-order valence-corrected chi connectivity index (χ4v) is 3.86. The summed E-state index contributed by atoms with van der Waals surface area (Å²) in [6.07, 6.45) is 2.45. The van der Waals surface area contributed by atoms with Gasteiger partial charge < -0.3 is 14.7 Å². The Morgan fingerprint density at radius 1 is 0.643 bits per heavy atom. The van der Waals surface area contributed by atoms with Crippen molar-refractivity contribution in [3.05, 3.63) is 65.5 Å². The van der Waals surface area contributed by atoms with Crippen LogP contribution in [0, 0.1) is 5.82 Å². The lowest BCUT2D eigenvalue weighted by molar-refractivity contribution is 0.0535. The zero-order valence-corrected chi connectivity index (χ0v) is 15.8. The Balaban J connectivity index is 1.34. The summed E-state index contributed by atoms with van der Waals surface area (Å²) in [6.45, 7) is 4.12. The number of hydrogen-bond acceptors (Lipinski definition) is 3. The first-order valence-electron chi connectivity index (χ1n) is 9.81. The molecular weight excluding hydrogens is 357 g/mol. The summed E-state index contributed by atoms with van der Waals surface area (Å²) in [5.74, 6) is -0.480. The fraction of sp³-hybridized carbons (Fsp3) is 0.364. The van der Waals surface area contributed by atoms with Crippen LogP contribution >= 0.6 is 0 Å². The smallest absolute Gasteiger partial charge is 0.253 e. The third kappa shape index (κ3) is 3.86. The summed E-state index contributed by atoms with van der Waals surface area (Å²) >= 11 is 0. The van der Waals surface area contributed by atoms with Crippen molar-refractivity contribution < 1.29 is 14.0 Å². The average Bonchev–Trinajstić information content (AvgIpc) is 3.28. The van der Waals surface area contributed by atoms with Gasteiger partial charge in [-0.05, 0) is 61.4 Å². The van der Waals surface area contributed by atoms with Gasteiger partial charge in [-0.25, -0.2) is 4.39 Å². The highest BCUT2D eigenvalue weighted by atomic mass is 19.1. The molecule has 5 nitrogen and oxygen atoms in total. The van der Waals surface area contributed by atoms with E-state index in [0.29, 0.717) is 37.3 Å². The topological polar surface area (TPSA) is 43.9 Å². The summed E-state index contributed by atoms with van der Waals surface area (Å²) in [4.78, 5) is 31.1. The number of nitrogens with zero attached hydrogens (tertiary/aromatic N) is 3. The molecule has 0 N–H and O–H groups in total. The van der Waals surface area contributed by atoms with Crippen LogP contribution in [0.2, 0.25) is 0 Å². The molecule has 2 aromatic carbocycles. The lowest BCUT2D eigenvalue weighted by Gasteiger charge is -2.35. The number of amides is 2. The highest BCUT2D eigenvalue weighted by molar-refractivity contribution is 5.96. The van der Waals surface area contributed by atoms with Gasteiger partial charge in [-0.3, -0.25) is 9.59 Å². The van der Waals surface area contributed by atoms with Crippen LogP contribution < -0.4 is 4.90 Å². The normalized spacial score (nSPS) is 17.1. The van der Waals surface area contributed by atoms with Crippen molar-refractivity contribution in [1.82, 2.24) is 9.80 Å². The molecule has 146 valence electrons. The number of carbonyl (C=O) groups excluding carboxylic acids is 2. The zero-order valence-electron chi connectivity index (χ0n) is 15.8. The van der Waals surface area contributed by atoms with Crippen LogP contribution in [0.3, 0.4) is 0 Å². The Kier molecular flexibility index (Phi) is 5.28. The third-order valence-electron chi connectivity index (χ3n) is 5.53. The number of halogens is 1. The molecule has 28 heavy (non-hydrogen) atoms. The van der Waals surface area contributed by atoms with E-state index in [2.05, 4.69) is 4.90 Å². The monoisotopic (exact) mass is 381 g/mol. The number of piperazine rings is 1. The lowest BCUT2D eigenvalue weighted by Crippen LogP contribution is -2.50. The highest BCUT2D eigenvalue weighted by Gasteiger charge is 2.25. The maximum absolute atomic E-state index is 13.0. The fourth-order valence-electron chi connectivity index (χ4n) is 3.86. The molecule has 0 radical (unpaired) electrons. The van der Waals surface area contributed by atoms with Gasteiger partial charge in [0.15, 0.2) is 0 Å². The van der Waals surface area contributed by atoms with Crippen molar-refractivity contribution in [3.8, 4) is 0 Å². The molecule has 0 saturated carbocycles. The average molecular weight is 381 g/mol. The Morgan fingerprint density at radius 2 is 1.07 bits per heavy atom. The van der Waals surface area contributed by atoms with Crippen LogP contribution in [0.25, 0.3) is 0 Å². The van der Waals surface area contributed by atoms with E-state index in [1.54, 1.807) is 9.80 Å². The molecule has 2 fully saturated rings. The Labute approximate surface area is 164 Å². The number of hydrogen-bond donors (Lipinski definition) is 0. The third-order valence-corrected chi connectivity index (χ3v) is 5.53. The molecule has 0 aromatic heterocycles. The van der Waals surface area contributed by atoms with Gasteiger partial charge in [0.05, 0.1) is 0 Å². The Hall–Kier alpha value is -2.89. The second kappa shape index (κ2) is 8.00. The zero-order chi connectivity index (χ0) is 19.5. The van der Waals surface area contributed by atoms with Crippen LogP contribution in [-0.2, 0) is 0 Å². The van der Waals surface area contributed by atoms with Gasteiger partial charge in [-0.2, -0.15) is 0 Å². The van der Waals surface area contributed by atoms with E-state index in [0.717, 1.165) is 13.1 Å². The molecule has 0 aliphatic carbocycles. The molecule has 6 heteroatoms. The molecule has 2 aromatic rings. The number of rotatable bonds is 3. The van der Waals surface area contributed by atoms with Crippen molar-refractivity contribution in [1.29, 1.82) is 0 Å². The van der Waals surface area contributed by atoms with Crippen LogP contribution in [0.4, 0.5) is 10.1 Å². The first kappa shape index (κ1) is 18.5. The molecule has 0 atom stereocenters. The second-order valence-electron chi connectivity index (χ2n) is 7.33.